The number of benzene rings is 1. The Morgan fingerprint density at radius 1 is 1.19 bits per heavy atom. The van der Waals surface area contributed by atoms with E-state index in [2.05, 4.69) is 14.4 Å². The molecule has 16 heavy (non-hydrogen) atoms. The molecule has 0 atom stereocenters. The molecule has 1 aromatic carbocycles. The number of hydrogen-bond acceptors (Lipinski definition) is 5. The fourth-order valence-corrected chi connectivity index (χ4v) is 1.14. The number of methoxy groups -OCH3 is 2. The van der Waals surface area contributed by atoms with Gasteiger partial charge >= 0.3 is 17.6 Å². The van der Waals surface area contributed by atoms with Crippen molar-refractivity contribution in [1.29, 1.82) is 5.39 Å². The van der Waals surface area contributed by atoms with Crippen molar-refractivity contribution in [1.82, 2.24) is 0 Å². The second-order valence-corrected chi connectivity index (χ2v) is 2.82. The van der Waals surface area contributed by atoms with Crippen LogP contribution in [0, 0.1) is 5.39 Å². The number of diazo groups is 1. The van der Waals surface area contributed by atoms with E-state index < -0.39 is 11.9 Å². The number of nitrogens with zero attached hydrogens (tertiary/aromatic N) is 2. The molecule has 6 nitrogen and oxygen atoms in total. The minimum absolute atomic E-state index is 0.0465. The Kier molecular flexibility index (Phi) is 3.56. The van der Waals surface area contributed by atoms with Gasteiger partial charge in [-0.1, -0.05) is 0 Å². The summed E-state index contributed by atoms with van der Waals surface area (Å²) in [5.41, 5.74) is 0.204. The van der Waals surface area contributed by atoms with Crippen LogP contribution in [0.4, 0.5) is 5.69 Å². The van der Waals surface area contributed by atoms with E-state index in [4.69, 9.17) is 5.39 Å². The fraction of sp³-hybridized carbons (Fsp3) is 0.200. The van der Waals surface area contributed by atoms with Crippen LogP contribution in [-0.4, -0.2) is 26.2 Å². The topological polar surface area (TPSA) is 80.8 Å². The third-order valence-corrected chi connectivity index (χ3v) is 1.93. The maximum atomic E-state index is 11.2. The lowest BCUT2D eigenvalue weighted by Crippen LogP contribution is -2.04. The summed E-state index contributed by atoms with van der Waals surface area (Å²) < 4.78 is 8.96. The lowest BCUT2D eigenvalue weighted by Gasteiger charge is -1.99. The van der Waals surface area contributed by atoms with Gasteiger partial charge in [-0.3, -0.25) is 0 Å². The first kappa shape index (κ1) is 11.7. The Hall–Kier alpha value is -2.42. The van der Waals surface area contributed by atoms with Gasteiger partial charge in [-0.15, -0.1) is 0 Å². The second-order valence-electron chi connectivity index (χ2n) is 2.82. The first-order valence-electron chi connectivity index (χ1n) is 4.29. The third-order valence-electron chi connectivity index (χ3n) is 1.93. The maximum absolute atomic E-state index is 11.2. The molecule has 6 heteroatoms. The van der Waals surface area contributed by atoms with Gasteiger partial charge in [0.2, 0.25) is 5.39 Å². The van der Waals surface area contributed by atoms with Crippen LogP contribution in [0.15, 0.2) is 18.2 Å². The van der Waals surface area contributed by atoms with Crippen molar-refractivity contribution < 1.29 is 19.1 Å². The van der Waals surface area contributed by atoms with E-state index in [-0.39, 0.29) is 16.8 Å². The molecule has 0 spiro atoms. The molecule has 0 radical (unpaired) electrons. The summed E-state index contributed by atoms with van der Waals surface area (Å²) >= 11 is 0. The van der Waals surface area contributed by atoms with Crippen molar-refractivity contribution in [2.45, 2.75) is 0 Å². The quantitative estimate of drug-likeness (QED) is 0.561. The molecular formula is C10H9N2O4+. The first-order chi connectivity index (χ1) is 7.63. The van der Waals surface area contributed by atoms with Gasteiger partial charge in [0, 0.05) is 6.07 Å². The molecule has 0 bridgehead atoms. The maximum Gasteiger partial charge on any atom is 0.400 e. The minimum atomic E-state index is -0.649. The van der Waals surface area contributed by atoms with Gasteiger partial charge in [0.1, 0.15) is 0 Å². The van der Waals surface area contributed by atoms with Crippen LogP contribution >= 0.6 is 0 Å². The van der Waals surface area contributed by atoms with Gasteiger partial charge in [0.25, 0.3) is 0 Å². The zero-order valence-corrected chi connectivity index (χ0v) is 8.76. The summed E-state index contributed by atoms with van der Waals surface area (Å²) in [5.74, 6) is -1.23. The summed E-state index contributed by atoms with van der Waals surface area (Å²) in [6, 6.07) is 3.94. The molecule has 0 saturated carbocycles. The average Bonchev–Trinajstić information content (AvgIpc) is 2.35. The van der Waals surface area contributed by atoms with Crippen molar-refractivity contribution >= 4 is 17.6 Å². The molecule has 0 fully saturated rings. The summed E-state index contributed by atoms with van der Waals surface area (Å²) in [5, 5.41) is 8.71. The molecule has 0 N–H and O–H groups in total. The molecule has 0 aliphatic carbocycles. The number of carbonyl (C=O) groups is 2. The van der Waals surface area contributed by atoms with E-state index in [1.165, 1.54) is 32.4 Å². The van der Waals surface area contributed by atoms with Crippen LogP contribution in [-0.2, 0) is 9.47 Å². The molecular weight excluding hydrogens is 212 g/mol. The monoisotopic (exact) mass is 221 g/mol. The molecule has 82 valence electrons. The smallest absolute Gasteiger partial charge is 0.400 e. The van der Waals surface area contributed by atoms with Crippen LogP contribution in [0.1, 0.15) is 20.7 Å². The van der Waals surface area contributed by atoms with E-state index in [0.717, 1.165) is 0 Å². The Bertz CT molecular complexity index is 476. The van der Waals surface area contributed by atoms with Crippen molar-refractivity contribution in [2.24, 2.45) is 0 Å². The molecule has 0 amide bonds. The van der Waals surface area contributed by atoms with E-state index >= 15 is 0 Å². The van der Waals surface area contributed by atoms with Crippen LogP contribution in [0.2, 0.25) is 0 Å². The molecule has 0 unspecified atom stereocenters. The van der Waals surface area contributed by atoms with Gasteiger partial charge in [-0.05, 0) is 12.1 Å². The molecule has 1 rings (SSSR count). The number of carbonyl (C=O) groups excluding carboxylic acids is 2. The lowest BCUT2D eigenvalue weighted by atomic mass is 10.1. The average molecular weight is 221 g/mol. The van der Waals surface area contributed by atoms with Gasteiger partial charge in [-0.2, -0.15) is 0 Å². The number of hydrogen-bond donors (Lipinski definition) is 0. The van der Waals surface area contributed by atoms with Crippen LogP contribution < -0.4 is 0 Å². The highest BCUT2D eigenvalue weighted by Crippen LogP contribution is 2.22. The minimum Gasteiger partial charge on any atom is -0.465 e. The highest BCUT2D eigenvalue weighted by molar-refractivity contribution is 5.99. The fourth-order valence-electron chi connectivity index (χ4n) is 1.14. The number of ether oxygens (including phenoxy) is 2. The number of rotatable bonds is 2. The van der Waals surface area contributed by atoms with E-state index in [9.17, 15) is 9.59 Å². The van der Waals surface area contributed by atoms with Crippen LogP contribution in [0.25, 0.3) is 4.98 Å². The molecule has 0 aromatic heterocycles. The molecule has 0 aliphatic rings. The number of esters is 2. The summed E-state index contributed by atoms with van der Waals surface area (Å²) in [6.45, 7) is 0. The van der Waals surface area contributed by atoms with Crippen molar-refractivity contribution in [3.63, 3.8) is 0 Å². The standard InChI is InChI=1S/C10H9N2O4/c1-15-9(13)6-3-4-7(10(14)16-2)8(5-6)12-11/h3-5H,1-2H3/q+1. The largest absolute Gasteiger partial charge is 0.465 e. The van der Waals surface area contributed by atoms with Gasteiger partial charge in [0.15, 0.2) is 10.5 Å². The molecule has 0 aliphatic heterocycles. The van der Waals surface area contributed by atoms with Crippen LogP contribution in [0.5, 0.6) is 0 Å². The normalized spacial score (nSPS) is 9.06. The van der Waals surface area contributed by atoms with Crippen molar-refractivity contribution in [2.75, 3.05) is 14.2 Å². The lowest BCUT2D eigenvalue weighted by molar-refractivity contribution is 0.0587. The SMILES string of the molecule is COC(=O)c1ccc(C(=O)OC)c([N+]#N)c1. The Morgan fingerprint density at radius 2 is 1.81 bits per heavy atom. The molecule has 0 saturated heterocycles. The molecule has 0 heterocycles. The Labute approximate surface area is 91.4 Å². The van der Waals surface area contributed by atoms with Crippen molar-refractivity contribution in [3.8, 4) is 0 Å². The highest BCUT2D eigenvalue weighted by Gasteiger charge is 2.23. The Morgan fingerprint density at radius 3 is 2.31 bits per heavy atom. The first-order valence-corrected chi connectivity index (χ1v) is 4.29. The zero-order valence-electron chi connectivity index (χ0n) is 8.76. The Balaban J connectivity index is 3.23. The summed E-state index contributed by atoms with van der Waals surface area (Å²) in [6.07, 6.45) is 0. The van der Waals surface area contributed by atoms with Gasteiger partial charge in [-0.25, -0.2) is 9.59 Å². The molecule has 1 aromatic rings. The third kappa shape index (κ3) is 2.15. The van der Waals surface area contributed by atoms with Gasteiger partial charge in [0.05, 0.1) is 19.8 Å². The van der Waals surface area contributed by atoms with E-state index in [0.29, 0.717) is 0 Å². The van der Waals surface area contributed by atoms with E-state index in [1.807, 2.05) is 0 Å². The predicted molar refractivity (Wildman–Crippen MR) is 53.9 cm³/mol. The highest BCUT2D eigenvalue weighted by atomic mass is 16.5. The van der Waals surface area contributed by atoms with Crippen molar-refractivity contribution in [3.05, 3.63) is 34.3 Å². The van der Waals surface area contributed by atoms with E-state index in [1.54, 1.807) is 0 Å². The summed E-state index contributed by atoms with van der Waals surface area (Å²) in [7, 11) is 2.43. The zero-order chi connectivity index (χ0) is 12.1. The van der Waals surface area contributed by atoms with Gasteiger partial charge < -0.3 is 9.47 Å². The predicted octanol–water partition coefficient (Wildman–Crippen LogP) is 1.74. The summed E-state index contributed by atoms with van der Waals surface area (Å²) in [4.78, 5) is 25.3. The second kappa shape index (κ2) is 4.89. The van der Waals surface area contributed by atoms with Crippen LogP contribution in [0.3, 0.4) is 0 Å².